The third kappa shape index (κ3) is 4.02. The first-order valence-corrected chi connectivity index (χ1v) is 7.40. The number of carboxylic acid groups (broad SMARTS) is 1. The number of hydrogen-bond acceptors (Lipinski definition) is 4. The molecular weight excluding hydrogens is 294 g/mol. The fourth-order valence-electron chi connectivity index (χ4n) is 2.19. The third-order valence-corrected chi connectivity index (χ3v) is 4.02. The van der Waals surface area contributed by atoms with Gasteiger partial charge in [-0.05, 0) is 37.3 Å². The summed E-state index contributed by atoms with van der Waals surface area (Å²) in [7, 11) is 1.56. The number of aliphatic carboxylic acids is 1. The van der Waals surface area contributed by atoms with Crippen LogP contribution in [0.2, 0.25) is 5.02 Å². The number of rotatable bonds is 7. The minimum atomic E-state index is -0.874. The van der Waals surface area contributed by atoms with Crippen LogP contribution in [0.25, 0.3) is 0 Å². The van der Waals surface area contributed by atoms with Gasteiger partial charge in [0.25, 0.3) is 0 Å². The van der Waals surface area contributed by atoms with Gasteiger partial charge in [-0.2, -0.15) is 0 Å². The smallest absolute Gasteiger partial charge is 0.303 e. The van der Waals surface area contributed by atoms with Crippen molar-refractivity contribution in [2.24, 2.45) is 5.73 Å². The van der Waals surface area contributed by atoms with E-state index in [0.717, 1.165) is 12.8 Å². The molecule has 0 aliphatic heterocycles. The van der Waals surface area contributed by atoms with Gasteiger partial charge in [-0.1, -0.05) is 11.6 Å². The predicted molar refractivity (Wildman–Crippen MR) is 80.1 cm³/mol. The van der Waals surface area contributed by atoms with Crippen molar-refractivity contribution in [3.8, 4) is 11.5 Å². The van der Waals surface area contributed by atoms with Crippen LogP contribution in [-0.2, 0) is 4.79 Å². The summed E-state index contributed by atoms with van der Waals surface area (Å²) in [6.45, 7) is 0. The summed E-state index contributed by atoms with van der Waals surface area (Å²) >= 11 is 6.21. The van der Waals surface area contributed by atoms with E-state index in [1.54, 1.807) is 19.2 Å². The number of carbonyl (C=O) groups is 1. The second-order valence-electron chi connectivity index (χ2n) is 5.23. The van der Waals surface area contributed by atoms with E-state index in [1.807, 2.05) is 0 Å². The number of halogens is 1. The number of hydrogen-bond donors (Lipinski definition) is 2. The first-order chi connectivity index (χ1) is 10.0. The number of methoxy groups -OCH3 is 1. The molecule has 5 nitrogen and oxygen atoms in total. The molecule has 2 rings (SSSR count). The van der Waals surface area contributed by atoms with Crippen LogP contribution in [0, 0.1) is 0 Å². The van der Waals surface area contributed by atoms with E-state index in [4.69, 9.17) is 31.9 Å². The Morgan fingerprint density at radius 1 is 1.48 bits per heavy atom. The lowest BCUT2D eigenvalue weighted by molar-refractivity contribution is -0.137. The van der Waals surface area contributed by atoms with Crippen molar-refractivity contribution in [2.75, 3.05) is 7.11 Å². The summed E-state index contributed by atoms with van der Waals surface area (Å²) in [4.78, 5) is 10.6. The van der Waals surface area contributed by atoms with Crippen molar-refractivity contribution < 1.29 is 19.4 Å². The van der Waals surface area contributed by atoms with Gasteiger partial charge in [0, 0.05) is 23.6 Å². The van der Waals surface area contributed by atoms with Crippen LogP contribution in [0.5, 0.6) is 11.5 Å². The van der Waals surface area contributed by atoms with Gasteiger partial charge in [0.1, 0.15) is 0 Å². The van der Waals surface area contributed by atoms with Gasteiger partial charge in [-0.25, -0.2) is 0 Å². The molecule has 3 N–H and O–H groups in total. The average Bonchev–Trinajstić information content (AvgIpc) is 2.40. The number of nitrogens with two attached hydrogens (primary N) is 1. The highest BCUT2D eigenvalue weighted by Gasteiger charge is 2.23. The highest BCUT2D eigenvalue weighted by atomic mass is 35.5. The topological polar surface area (TPSA) is 81.8 Å². The molecule has 0 radical (unpaired) electrons. The van der Waals surface area contributed by atoms with Crippen LogP contribution in [0.15, 0.2) is 12.1 Å². The standard InChI is InChI=1S/C15H20ClNO4/c1-20-13-8-11(16)10(12(17)5-6-15(18)19)7-14(13)21-9-3-2-4-9/h7-9,12H,2-6,17H2,1H3,(H,18,19). The third-order valence-electron chi connectivity index (χ3n) is 3.70. The van der Waals surface area contributed by atoms with Crippen LogP contribution in [0.1, 0.15) is 43.7 Å². The van der Waals surface area contributed by atoms with Crippen LogP contribution in [0.4, 0.5) is 0 Å². The number of benzene rings is 1. The van der Waals surface area contributed by atoms with Crippen molar-refractivity contribution >= 4 is 17.6 Å². The lowest BCUT2D eigenvalue weighted by Gasteiger charge is -2.28. The molecule has 1 aliphatic carbocycles. The van der Waals surface area contributed by atoms with Crippen molar-refractivity contribution in [3.05, 3.63) is 22.7 Å². The van der Waals surface area contributed by atoms with Gasteiger partial charge in [-0.3, -0.25) is 4.79 Å². The summed E-state index contributed by atoms with van der Waals surface area (Å²) in [5.74, 6) is 0.314. The molecule has 116 valence electrons. The Hall–Kier alpha value is -1.46. The zero-order chi connectivity index (χ0) is 15.4. The quantitative estimate of drug-likeness (QED) is 0.808. The predicted octanol–water partition coefficient (Wildman–Crippen LogP) is 3.14. The normalized spacial score (nSPS) is 16.1. The van der Waals surface area contributed by atoms with E-state index in [9.17, 15) is 4.79 Å². The molecule has 21 heavy (non-hydrogen) atoms. The van der Waals surface area contributed by atoms with Crippen LogP contribution < -0.4 is 15.2 Å². The van der Waals surface area contributed by atoms with Crippen molar-refractivity contribution in [2.45, 2.75) is 44.2 Å². The van der Waals surface area contributed by atoms with E-state index in [0.29, 0.717) is 28.5 Å². The van der Waals surface area contributed by atoms with E-state index >= 15 is 0 Å². The van der Waals surface area contributed by atoms with Crippen LogP contribution in [0.3, 0.4) is 0 Å². The van der Waals surface area contributed by atoms with Gasteiger partial charge in [0.05, 0.1) is 13.2 Å². The molecule has 1 fully saturated rings. The molecule has 1 aromatic carbocycles. The molecule has 1 aromatic rings. The summed E-state index contributed by atoms with van der Waals surface area (Å²) in [5.41, 5.74) is 6.73. The molecule has 0 aromatic heterocycles. The Kier molecular flexibility index (Phi) is 5.31. The lowest BCUT2D eigenvalue weighted by atomic mass is 9.96. The summed E-state index contributed by atoms with van der Waals surface area (Å²) in [5, 5.41) is 9.20. The lowest BCUT2D eigenvalue weighted by Crippen LogP contribution is -2.25. The van der Waals surface area contributed by atoms with Gasteiger partial charge in [0.2, 0.25) is 0 Å². The Balaban J connectivity index is 2.19. The molecule has 0 saturated heterocycles. The van der Waals surface area contributed by atoms with Gasteiger partial charge < -0.3 is 20.3 Å². The Morgan fingerprint density at radius 3 is 2.71 bits per heavy atom. The van der Waals surface area contributed by atoms with E-state index in [2.05, 4.69) is 0 Å². The summed E-state index contributed by atoms with van der Waals surface area (Å²) < 4.78 is 11.2. The highest BCUT2D eigenvalue weighted by molar-refractivity contribution is 6.31. The monoisotopic (exact) mass is 313 g/mol. The second-order valence-corrected chi connectivity index (χ2v) is 5.64. The van der Waals surface area contributed by atoms with E-state index in [-0.39, 0.29) is 12.5 Å². The minimum absolute atomic E-state index is 0.00232. The molecule has 1 saturated carbocycles. The maximum atomic E-state index is 10.6. The Morgan fingerprint density at radius 2 is 2.19 bits per heavy atom. The van der Waals surface area contributed by atoms with Crippen LogP contribution >= 0.6 is 11.6 Å². The Bertz CT molecular complexity index is 517. The summed E-state index contributed by atoms with van der Waals surface area (Å²) in [6, 6.07) is 3.00. The second kappa shape index (κ2) is 7.00. The van der Waals surface area contributed by atoms with Gasteiger partial charge in [0.15, 0.2) is 11.5 Å². The summed E-state index contributed by atoms with van der Waals surface area (Å²) in [6.07, 6.45) is 3.78. The molecular formula is C15H20ClNO4. The molecule has 6 heteroatoms. The zero-order valence-corrected chi connectivity index (χ0v) is 12.7. The zero-order valence-electron chi connectivity index (χ0n) is 12.0. The van der Waals surface area contributed by atoms with Gasteiger partial charge in [-0.15, -0.1) is 0 Å². The Labute approximate surface area is 129 Å². The first-order valence-electron chi connectivity index (χ1n) is 7.02. The molecule has 1 atom stereocenters. The molecule has 1 unspecified atom stereocenters. The largest absolute Gasteiger partial charge is 0.493 e. The molecule has 0 bridgehead atoms. The van der Waals surface area contributed by atoms with E-state index < -0.39 is 12.0 Å². The fourth-order valence-corrected chi connectivity index (χ4v) is 2.48. The molecule has 0 spiro atoms. The number of carboxylic acids is 1. The van der Waals surface area contributed by atoms with Gasteiger partial charge >= 0.3 is 5.97 Å². The number of ether oxygens (including phenoxy) is 2. The minimum Gasteiger partial charge on any atom is -0.493 e. The van der Waals surface area contributed by atoms with Crippen LogP contribution in [-0.4, -0.2) is 24.3 Å². The van der Waals surface area contributed by atoms with Crippen molar-refractivity contribution in [3.63, 3.8) is 0 Å². The molecule has 1 aliphatic rings. The molecule has 0 heterocycles. The van der Waals surface area contributed by atoms with Crippen molar-refractivity contribution in [1.82, 2.24) is 0 Å². The van der Waals surface area contributed by atoms with Crippen molar-refractivity contribution in [1.29, 1.82) is 0 Å². The highest BCUT2D eigenvalue weighted by Crippen LogP contribution is 2.38. The molecule has 0 amide bonds. The van der Waals surface area contributed by atoms with E-state index in [1.165, 1.54) is 6.42 Å². The fraction of sp³-hybridized carbons (Fsp3) is 0.533. The SMILES string of the molecule is COc1cc(Cl)c(C(N)CCC(=O)O)cc1OC1CCC1. The first kappa shape index (κ1) is 15.9. The maximum absolute atomic E-state index is 10.6. The maximum Gasteiger partial charge on any atom is 0.303 e. The average molecular weight is 314 g/mol.